The summed E-state index contributed by atoms with van der Waals surface area (Å²) in [6, 6.07) is 4.90. The predicted octanol–water partition coefficient (Wildman–Crippen LogP) is 2.29. The summed E-state index contributed by atoms with van der Waals surface area (Å²) in [7, 11) is 1.61. The van der Waals surface area contributed by atoms with Crippen molar-refractivity contribution in [2.75, 3.05) is 13.7 Å². The van der Waals surface area contributed by atoms with Gasteiger partial charge in [-0.05, 0) is 31.2 Å². The number of ether oxygens (including phenoxy) is 1. The van der Waals surface area contributed by atoms with Gasteiger partial charge < -0.3 is 10.1 Å². The lowest BCUT2D eigenvalue weighted by molar-refractivity contribution is 0.351. The molecular weight excluding hydrogens is 205 g/mol. The first-order chi connectivity index (χ1) is 6.31. The molecule has 1 aromatic rings. The van der Waals surface area contributed by atoms with Gasteiger partial charge in [0, 0.05) is 11.6 Å². The van der Waals surface area contributed by atoms with Gasteiger partial charge in [-0.2, -0.15) is 0 Å². The van der Waals surface area contributed by atoms with Crippen molar-refractivity contribution in [1.82, 2.24) is 5.32 Å². The Balaban J connectivity index is 0.000000980. The first kappa shape index (κ1) is 11.3. The topological polar surface area (TPSA) is 21.3 Å². The molecule has 0 spiro atoms. The molecule has 0 unspecified atom stereocenters. The van der Waals surface area contributed by atoms with Crippen molar-refractivity contribution in [3.8, 4) is 5.75 Å². The third kappa shape index (κ3) is 1.99. The minimum absolute atomic E-state index is 0. The molecule has 0 amide bonds. The van der Waals surface area contributed by atoms with Gasteiger partial charge in [0.05, 0.1) is 7.11 Å². The van der Waals surface area contributed by atoms with E-state index >= 15 is 0 Å². The van der Waals surface area contributed by atoms with E-state index in [1.807, 2.05) is 0 Å². The van der Waals surface area contributed by atoms with Crippen LogP contribution in [-0.2, 0) is 0 Å². The maximum Gasteiger partial charge on any atom is 0.123 e. The van der Waals surface area contributed by atoms with E-state index in [-0.39, 0.29) is 24.3 Å². The summed E-state index contributed by atoms with van der Waals surface area (Å²) in [4.78, 5) is 0. The SMILES string of the molecule is COc1ccc(F)cc1[C@H]1CCN1.Cl. The molecule has 2 nitrogen and oxygen atoms in total. The van der Waals surface area contributed by atoms with Crippen LogP contribution in [0.25, 0.3) is 0 Å². The summed E-state index contributed by atoms with van der Waals surface area (Å²) >= 11 is 0. The molecule has 1 N–H and O–H groups in total. The summed E-state index contributed by atoms with van der Waals surface area (Å²) in [5.74, 6) is 0.558. The first-order valence-electron chi connectivity index (χ1n) is 4.38. The Morgan fingerprint density at radius 1 is 1.50 bits per heavy atom. The second-order valence-corrected chi connectivity index (χ2v) is 3.18. The molecule has 1 aliphatic rings. The van der Waals surface area contributed by atoms with Crippen LogP contribution in [0, 0.1) is 5.82 Å². The molecule has 0 saturated carbocycles. The second kappa shape index (κ2) is 4.62. The van der Waals surface area contributed by atoms with Crippen molar-refractivity contribution >= 4 is 12.4 Å². The number of benzene rings is 1. The van der Waals surface area contributed by atoms with E-state index in [4.69, 9.17) is 4.74 Å². The fourth-order valence-corrected chi connectivity index (χ4v) is 1.53. The molecule has 0 radical (unpaired) electrons. The summed E-state index contributed by atoms with van der Waals surface area (Å²) < 4.78 is 18.1. The van der Waals surface area contributed by atoms with Crippen LogP contribution in [0.2, 0.25) is 0 Å². The molecule has 1 saturated heterocycles. The highest BCUT2D eigenvalue weighted by Gasteiger charge is 2.22. The Morgan fingerprint density at radius 3 is 2.71 bits per heavy atom. The van der Waals surface area contributed by atoms with Gasteiger partial charge in [0.2, 0.25) is 0 Å². The van der Waals surface area contributed by atoms with Gasteiger partial charge >= 0.3 is 0 Å². The zero-order valence-corrected chi connectivity index (χ0v) is 8.73. The van der Waals surface area contributed by atoms with Crippen molar-refractivity contribution in [2.45, 2.75) is 12.5 Å². The Labute approximate surface area is 88.9 Å². The highest BCUT2D eigenvalue weighted by atomic mass is 35.5. The molecule has 2 rings (SSSR count). The molecule has 14 heavy (non-hydrogen) atoms. The van der Waals surface area contributed by atoms with Gasteiger partial charge in [-0.3, -0.25) is 0 Å². The van der Waals surface area contributed by atoms with Crippen molar-refractivity contribution in [3.05, 3.63) is 29.6 Å². The van der Waals surface area contributed by atoms with E-state index < -0.39 is 0 Å². The van der Waals surface area contributed by atoms with Gasteiger partial charge in [-0.15, -0.1) is 12.4 Å². The largest absolute Gasteiger partial charge is 0.496 e. The highest BCUT2D eigenvalue weighted by Crippen LogP contribution is 2.31. The van der Waals surface area contributed by atoms with Gasteiger partial charge in [0.25, 0.3) is 0 Å². The standard InChI is InChI=1S/C10H12FNO.ClH/c1-13-10-3-2-7(11)6-8(10)9-4-5-12-9;/h2-3,6,9,12H,4-5H2,1H3;1H/t9-;/m1./s1. The van der Waals surface area contributed by atoms with E-state index in [0.29, 0.717) is 0 Å². The molecule has 0 bridgehead atoms. The summed E-state index contributed by atoms with van der Waals surface area (Å²) in [6.45, 7) is 1.00. The average molecular weight is 218 g/mol. The Morgan fingerprint density at radius 2 is 2.21 bits per heavy atom. The molecule has 4 heteroatoms. The van der Waals surface area contributed by atoms with Gasteiger partial charge in [0.1, 0.15) is 11.6 Å². The summed E-state index contributed by atoms with van der Waals surface area (Å²) in [6.07, 6.45) is 1.06. The molecule has 1 aliphatic heterocycles. The van der Waals surface area contributed by atoms with Gasteiger partial charge in [-0.25, -0.2) is 4.39 Å². The monoisotopic (exact) mass is 217 g/mol. The van der Waals surface area contributed by atoms with E-state index in [9.17, 15) is 4.39 Å². The number of methoxy groups -OCH3 is 1. The lowest BCUT2D eigenvalue weighted by Gasteiger charge is -2.29. The highest BCUT2D eigenvalue weighted by molar-refractivity contribution is 5.85. The van der Waals surface area contributed by atoms with Crippen LogP contribution in [0.5, 0.6) is 5.75 Å². The first-order valence-corrected chi connectivity index (χ1v) is 4.38. The van der Waals surface area contributed by atoms with Crippen LogP contribution < -0.4 is 10.1 Å². The third-order valence-corrected chi connectivity index (χ3v) is 2.39. The quantitative estimate of drug-likeness (QED) is 0.821. The third-order valence-electron chi connectivity index (χ3n) is 2.39. The van der Waals surface area contributed by atoms with Crippen LogP contribution >= 0.6 is 12.4 Å². The molecule has 78 valence electrons. The Bertz CT molecular complexity index is 315. The van der Waals surface area contributed by atoms with Crippen molar-refractivity contribution in [1.29, 1.82) is 0 Å². The molecule has 0 aromatic heterocycles. The summed E-state index contributed by atoms with van der Waals surface area (Å²) in [5.41, 5.74) is 0.925. The lowest BCUT2D eigenvalue weighted by atomic mass is 9.97. The Hall–Kier alpha value is -0.800. The van der Waals surface area contributed by atoms with Crippen molar-refractivity contribution in [2.24, 2.45) is 0 Å². The molecular formula is C10H13ClFNO. The molecule has 1 aromatic carbocycles. The molecule has 0 aliphatic carbocycles. The minimum atomic E-state index is -0.204. The van der Waals surface area contributed by atoms with Gasteiger partial charge in [0.15, 0.2) is 0 Å². The van der Waals surface area contributed by atoms with E-state index in [1.54, 1.807) is 13.2 Å². The van der Waals surface area contributed by atoms with Crippen LogP contribution in [0.15, 0.2) is 18.2 Å². The maximum atomic E-state index is 12.9. The molecule has 1 heterocycles. The number of nitrogens with one attached hydrogen (secondary N) is 1. The minimum Gasteiger partial charge on any atom is -0.496 e. The molecule has 1 fully saturated rings. The van der Waals surface area contributed by atoms with Crippen LogP contribution in [-0.4, -0.2) is 13.7 Å². The maximum absolute atomic E-state index is 12.9. The number of hydrogen-bond donors (Lipinski definition) is 1. The average Bonchev–Trinajstić information content (AvgIpc) is 2.02. The van der Waals surface area contributed by atoms with E-state index in [1.165, 1.54) is 12.1 Å². The van der Waals surface area contributed by atoms with E-state index in [0.717, 1.165) is 24.3 Å². The van der Waals surface area contributed by atoms with Crippen LogP contribution in [0.3, 0.4) is 0 Å². The lowest BCUT2D eigenvalue weighted by Crippen LogP contribution is -2.35. The van der Waals surface area contributed by atoms with E-state index in [2.05, 4.69) is 5.32 Å². The van der Waals surface area contributed by atoms with Gasteiger partial charge in [-0.1, -0.05) is 0 Å². The number of hydrogen-bond acceptors (Lipinski definition) is 2. The van der Waals surface area contributed by atoms with Crippen LogP contribution in [0.1, 0.15) is 18.0 Å². The fourth-order valence-electron chi connectivity index (χ4n) is 1.53. The fraction of sp³-hybridized carbons (Fsp3) is 0.400. The molecule has 1 atom stereocenters. The van der Waals surface area contributed by atoms with Crippen molar-refractivity contribution in [3.63, 3.8) is 0 Å². The zero-order valence-electron chi connectivity index (χ0n) is 7.92. The smallest absolute Gasteiger partial charge is 0.123 e. The number of halogens is 2. The van der Waals surface area contributed by atoms with Crippen molar-refractivity contribution < 1.29 is 9.13 Å². The predicted molar refractivity (Wildman–Crippen MR) is 55.6 cm³/mol. The normalized spacial score (nSPS) is 19.4. The summed E-state index contributed by atoms with van der Waals surface area (Å²) in [5, 5.41) is 3.22. The Kier molecular flexibility index (Phi) is 3.72. The van der Waals surface area contributed by atoms with Crippen LogP contribution in [0.4, 0.5) is 4.39 Å². The second-order valence-electron chi connectivity index (χ2n) is 3.18. The zero-order chi connectivity index (χ0) is 9.26. The number of rotatable bonds is 2.